The second kappa shape index (κ2) is 7.14. The minimum Gasteiger partial charge on any atom is -0.466 e. The number of anilines is 1. The first-order chi connectivity index (χ1) is 11.6. The molecule has 1 saturated carbocycles. The molecule has 8 heteroatoms. The first kappa shape index (κ1) is 17.3. The van der Waals surface area contributed by atoms with Crippen LogP contribution >= 0.6 is 11.8 Å². The van der Waals surface area contributed by atoms with E-state index in [1.165, 1.54) is 18.9 Å². The van der Waals surface area contributed by atoms with Gasteiger partial charge in [-0.05, 0) is 19.1 Å². The van der Waals surface area contributed by atoms with Gasteiger partial charge in [-0.2, -0.15) is 4.98 Å². The predicted molar refractivity (Wildman–Crippen MR) is 90.7 cm³/mol. The molecule has 2 fully saturated rings. The van der Waals surface area contributed by atoms with E-state index in [4.69, 9.17) is 14.2 Å². The lowest BCUT2D eigenvalue weighted by Gasteiger charge is -2.26. The lowest BCUT2D eigenvalue weighted by molar-refractivity contribution is -0.151. The highest BCUT2D eigenvalue weighted by molar-refractivity contribution is 7.98. The molecule has 1 aliphatic carbocycles. The predicted octanol–water partition coefficient (Wildman–Crippen LogP) is 1.90. The molecule has 0 amide bonds. The van der Waals surface area contributed by atoms with Gasteiger partial charge in [0.15, 0.2) is 5.16 Å². The minimum atomic E-state index is -0.868. The van der Waals surface area contributed by atoms with E-state index in [2.05, 4.69) is 14.9 Å². The van der Waals surface area contributed by atoms with Crippen molar-refractivity contribution in [2.24, 2.45) is 0 Å². The van der Waals surface area contributed by atoms with Crippen LogP contribution in [0.4, 0.5) is 5.82 Å². The summed E-state index contributed by atoms with van der Waals surface area (Å²) in [6.45, 7) is 1.60. The number of carbonyl (C=O) groups is 1. The van der Waals surface area contributed by atoms with Crippen LogP contribution in [0.15, 0.2) is 11.2 Å². The number of thioether (sulfide) groups is 1. The van der Waals surface area contributed by atoms with Gasteiger partial charge >= 0.3 is 5.97 Å². The quantitative estimate of drug-likeness (QED) is 0.418. The summed E-state index contributed by atoms with van der Waals surface area (Å²) in [7, 11) is 3.09. The van der Waals surface area contributed by atoms with E-state index in [0.29, 0.717) is 36.5 Å². The third-order valence-corrected chi connectivity index (χ3v) is 4.99. The van der Waals surface area contributed by atoms with E-state index in [9.17, 15) is 4.79 Å². The van der Waals surface area contributed by atoms with Crippen LogP contribution in [-0.2, 0) is 14.3 Å². The minimum absolute atomic E-state index is 0.308. The maximum atomic E-state index is 11.9. The molecule has 24 heavy (non-hydrogen) atoms. The summed E-state index contributed by atoms with van der Waals surface area (Å²) in [5.41, 5.74) is -0.868. The molecule has 0 N–H and O–H groups in total. The molecule has 0 aromatic carbocycles. The average Bonchev–Trinajstić information content (AvgIpc) is 3.22. The molecule has 1 aliphatic heterocycles. The highest BCUT2D eigenvalue weighted by Gasteiger charge is 2.54. The first-order valence-electron chi connectivity index (χ1n) is 8.08. The van der Waals surface area contributed by atoms with Crippen LogP contribution < -0.4 is 9.64 Å². The zero-order valence-corrected chi connectivity index (χ0v) is 15.1. The van der Waals surface area contributed by atoms with Crippen molar-refractivity contribution in [2.45, 2.75) is 42.5 Å². The Balaban J connectivity index is 1.85. The van der Waals surface area contributed by atoms with E-state index in [0.717, 1.165) is 25.2 Å². The van der Waals surface area contributed by atoms with Gasteiger partial charge in [-0.25, -0.2) is 9.78 Å². The highest BCUT2D eigenvalue weighted by Crippen LogP contribution is 2.41. The summed E-state index contributed by atoms with van der Waals surface area (Å²) in [5, 5.41) is 0.631. The van der Waals surface area contributed by atoms with Crippen molar-refractivity contribution in [2.75, 3.05) is 38.5 Å². The number of methoxy groups -OCH3 is 2. The maximum absolute atomic E-state index is 11.9. The summed E-state index contributed by atoms with van der Waals surface area (Å²) in [6.07, 6.45) is 5.42. The molecule has 1 saturated heterocycles. The second-order valence-electron chi connectivity index (χ2n) is 6.08. The number of ether oxygens (including phenoxy) is 3. The van der Waals surface area contributed by atoms with Gasteiger partial charge in [0.2, 0.25) is 11.5 Å². The van der Waals surface area contributed by atoms with Crippen molar-refractivity contribution in [1.82, 2.24) is 9.97 Å². The Morgan fingerprint density at radius 1 is 1.42 bits per heavy atom. The third kappa shape index (κ3) is 3.44. The number of aromatic nitrogens is 2. The zero-order valence-electron chi connectivity index (χ0n) is 14.3. The smallest absolute Gasteiger partial charge is 0.350 e. The molecule has 132 valence electrons. The molecular weight excluding hydrogens is 330 g/mol. The first-order valence-corrected chi connectivity index (χ1v) is 9.30. The molecule has 3 rings (SSSR count). The number of carbonyl (C=O) groups excluding carboxylic acids is 1. The monoisotopic (exact) mass is 353 g/mol. The summed E-state index contributed by atoms with van der Waals surface area (Å²) < 4.78 is 16.1. The number of nitrogens with zero attached hydrogens (tertiary/aromatic N) is 3. The van der Waals surface area contributed by atoms with Crippen LogP contribution in [-0.4, -0.2) is 61.2 Å². The van der Waals surface area contributed by atoms with Crippen molar-refractivity contribution in [3.05, 3.63) is 6.07 Å². The van der Waals surface area contributed by atoms with E-state index >= 15 is 0 Å². The molecule has 1 aromatic heterocycles. The normalized spacial score (nSPS) is 21.6. The standard InChI is InChI=1S/C16H23N3O4S/c1-21-10-11-5-4-8-19(11)12-9-13(18-15(17-12)24-3)23-16(6-7-16)14(20)22-2/h9,11H,4-8,10H2,1-3H3/t11-/m0/s1. The fourth-order valence-electron chi connectivity index (χ4n) is 3.03. The fourth-order valence-corrected chi connectivity index (χ4v) is 3.40. The van der Waals surface area contributed by atoms with Gasteiger partial charge in [-0.3, -0.25) is 0 Å². The van der Waals surface area contributed by atoms with Gasteiger partial charge in [0, 0.05) is 32.6 Å². The van der Waals surface area contributed by atoms with Gasteiger partial charge < -0.3 is 19.1 Å². The summed E-state index contributed by atoms with van der Waals surface area (Å²) >= 11 is 1.45. The van der Waals surface area contributed by atoms with Gasteiger partial charge in [-0.1, -0.05) is 11.8 Å². The average molecular weight is 353 g/mol. The van der Waals surface area contributed by atoms with E-state index in [1.807, 2.05) is 12.3 Å². The molecule has 0 unspecified atom stereocenters. The van der Waals surface area contributed by atoms with Crippen LogP contribution in [0.25, 0.3) is 0 Å². The van der Waals surface area contributed by atoms with Crippen LogP contribution in [0.3, 0.4) is 0 Å². The number of rotatable bonds is 7. The Kier molecular flexibility index (Phi) is 5.15. The zero-order chi connectivity index (χ0) is 17.2. The van der Waals surface area contributed by atoms with Gasteiger partial charge in [0.1, 0.15) is 5.82 Å². The summed E-state index contributed by atoms with van der Waals surface area (Å²) in [4.78, 5) is 23.2. The number of hydrogen-bond donors (Lipinski definition) is 0. The second-order valence-corrected chi connectivity index (χ2v) is 6.86. The molecule has 2 heterocycles. The van der Waals surface area contributed by atoms with Crippen LogP contribution in [0.5, 0.6) is 5.88 Å². The Morgan fingerprint density at radius 2 is 2.21 bits per heavy atom. The van der Waals surface area contributed by atoms with Crippen molar-refractivity contribution < 1.29 is 19.0 Å². The molecule has 0 bridgehead atoms. The molecule has 2 aliphatic rings. The van der Waals surface area contributed by atoms with Gasteiger partial charge in [0.05, 0.1) is 19.8 Å². The number of esters is 1. The third-order valence-electron chi connectivity index (χ3n) is 4.44. The largest absolute Gasteiger partial charge is 0.466 e. The van der Waals surface area contributed by atoms with E-state index in [1.54, 1.807) is 7.11 Å². The van der Waals surface area contributed by atoms with Crippen molar-refractivity contribution >= 4 is 23.5 Å². The summed E-state index contributed by atoms with van der Waals surface area (Å²) in [6, 6.07) is 2.12. The maximum Gasteiger partial charge on any atom is 0.350 e. The lowest BCUT2D eigenvalue weighted by atomic mass is 10.2. The van der Waals surface area contributed by atoms with Crippen LogP contribution in [0, 0.1) is 0 Å². The van der Waals surface area contributed by atoms with Crippen LogP contribution in [0.2, 0.25) is 0 Å². The Morgan fingerprint density at radius 3 is 2.83 bits per heavy atom. The van der Waals surface area contributed by atoms with E-state index < -0.39 is 5.60 Å². The number of hydrogen-bond acceptors (Lipinski definition) is 8. The van der Waals surface area contributed by atoms with Crippen molar-refractivity contribution in [3.8, 4) is 5.88 Å². The lowest BCUT2D eigenvalue weighted by Crippen LogP contribution is -2.34. The summed E-state index contributed by atoms with van der Waals surface area (Å²) in [5.74, 6) is 0.909. The van der Waals surface area contributed by atoms with Crippen LogP contribution in [0.1, 0.15) is 25.7 Å². The molecule has 1 aromatic rings. The molecule has 7 nitrogen and oxygen atoms in total. The van der Waals surface area contributed by atoms with Gasteiger partial charge in [0.25, 0.3) is 0 Å². The Bertz CT molecular complexity index is 609. The molecule has 1 atom stereocenters. The molecule has 0 radical (unpaired) electrons. The molecule has 0 spiro atoms. The SMILES string of the molecule is COC[C@@H]1CCCN1c1cc(OC2(C(=O)OC)CC2)nc(SC)n1. The highest BCUT2D eigenvalue weighted by atomic mass is 32.2. The fraction of sp³-hybridized carbons (Fsp3) is 0.688. The topological polar surface area (TPSA) is 73.8 Å². The van der Waals surface area contributed by atoms with E-state index in [-0.39, 0.29) is 5.97 Å². The van der Waals surface area contributed by atoms with Crippen molar-refractivity contribution in [3.63, 3.8) is 0 Å². The van der Waals surface area contributed by atoms with Crippen molar-refractivity contribution in [1.29, 1.82) is 0 Å². The molecular formula is C16H23N3O4S. The van der Waals surface area contributed by atoms with Gasteiger partial charge in [-0.15, -0.1) is 0 Å². The Labute approximate surface area is 146 Å². The Hall–Kier alpha value is -1.54.